The summed E-state index contributed by atoms with van der Waals surface area (Å²) < 4.78 is 4.88. The van der Waals surface area contributed by atoms with E-state index in [1.807, 2.05) is 0 Å². The first-order valence-electron chi connectivity index (χ1n) is 5.94. The van der Waals surface area contributed by atoms with Gasteiger partial charge in [-0.1, -0.05) is 6.92 Å². The first kappa shape index (κ1) is 12.1. The van der Waals surface area contributed by atoms with E-state index in [2.05, 4.69) is 13.0 Å². The largest absolute Gasteiger partial charge is 0.362 e. The third-order valence-corrected chi connectivity index (χ3v) is 3.69. The molecule has 5 nitrogen and oxygen atoms in total. The Hall–Kier alpha value is -1.41. The van der Waals surface area contributed by atoms with Crippen LogP contribution >= 0.6 is 0 Å². The molecule has 0 aromatic rings. The number of nitriles is 1. The predicted octanol–water partition coefficient (Wildman–Crippen LogP) is 0.844. The highest BCUT2D eigenvalue weighted by molar-refractivity contribution is 5.99. The van der Waals surface area contributed by atoms with Gasteiger partial charge < -0.3 is 4.74 Å². The molecule has 92 valence electrons. The van der Waals surface area contributed by atoms with Crippen molar-refractivity contribution in [1.82, 2.24) is 4.90 Å². The lowest BCUT2D eigenvalue weighted by Gasteiger charge is -2.42. The van der Waals surface area contributed by atoms with Crippen LogP contribution in [0.2, 0.25) is 0 Å². The topological polar surface area (TPSA) is 70.4 Å². The summed E-state index contributed by atoms with van der Waals surface area (Å²) in [5.41, 5.74) is -0.926. The smallest absolute Gasteiger partial charge is 0.256 e. The lowest BCUT2D eigenvalue weighted by Crippen LogP contribution is -2.59. The quantitative estimate of drug-likeness (QED) is 0.633. The van der Waals surface area contributed by atoms with Gasteiger partial charge in [0.05, 0.1) is 6.07 Å². The molecule has 2 aliphatic rings. The lowest BCUT2D eigenvalue weighted by atomic mass is 9.76. The molecule has 1 saturated carbocycles. The van der Waals surface area contributed by atoms with Gasteiger partial charge in [0.1, 0.15) is 18.8 Å². The Morgan fingerprint density at radius 2 is 1.82 bits per heavy atom. The maximum absolute atomic E-state index is 11.8. The number of morpholine rings is 1. The zero-order chi connectivity index (χ0) is 12.5. The number of ether oxygens (including phenoxy) is 1. The first-order chi connectivity index (χ1) is 8.09. The molecule has 0 N–H and O–H groups in total. The van der Waals surface area contributed by atoms with Gasteiger partial charge in [-0.2, -0.15) is 5.26 Å². The Bertz CT molecular complexity index is 362. The number of carbonyl (C=O) groups excluding carboxylic acids is 2. The molecule has 0 bridgehead atoms. The monoisotopic (exact) mass is 236 g/mol. The molecule has 0 aromatic heterocycles. The minimum Gasteiger partial charge on any atom is -0.362 e. The van der Waals surface area contributed by atoms with E-state index in [9.17, 15) is 14.9 Å². The van der Waals surface area contributed by atoms with E-state index >= 15 is 0 Å². The average Bonchev–Trinajstić information content (AvgIpc) is 2.32. The van der Waals surface area contributed by atoms with E-state index in [0.29, 0.717) is 18.8 Å². The Morgan fingerprint density at radius 3 is 2.29 bits per heavy atom. The summed E-state index contributed by atoms with van der Waals surface area (Å²) in [5, 5.41) is 9.38. The fourth-order valence-electron chi connectivity index (χ4n) is 2.60. The van der Waals surface area contributed by atoms with Crippen molar-refractivity contribution in [3.63, 3.8) is 0 Å². The van der Waals surface area contributed by atoms with Gasteiger partial charge >= 0.3 is 0 Å². The summed E-state index contributed by atoms with van der Waals surface area (Å²) >= 11 is 0. The molecule has 5 heteroatoms. The highest BCUT2D eigenvalue weighted by atomic mass is 16.5. The van der Waals surface area contributed by atoms with E-state index in [1.54, 1.807) is 0 Å². The fraction of sp³-hybridized carbons (Fsp3) is 0.750. The maximum atomic E-state index is 11.8. The van der Waals surface area contributed by atoms with Gasteiger partial charge in [0, 0.05) is 0 Å². The molecule has 0 aromatic carbocycles. The fourth-order valence-corrected chi connectivity index (χ4v) is 2.60. The number of amides is 2. The third kappa shape index (κ3) is 2.05. The maximum Gasteiger partial charge on any atom is 0.256 e. The molecular formula is C12H16N2O3. The Labute approximate surface area is 100 Å². The van der Waals surface area contributed by atoms with E-state index in [1.165, 1.54) is 0 Å². The average molecular weight is 236 g/mol. The number of nitrogens with zero attached hydrogens (tertiary/aromatic N) is 2. The van der Waals surface area contributed by atoms with Crippen LogP contribution in [-0.4, -0.2) is 35.5 Å². The van der Waals surface area contributed by atoms with Gasteiger partial charge in [-0.25, -0.2) is 0 Å². The lowest BCUT2D eigenvalue weighted by molar-refractivity contribution is -0.165. The summed E-state index contributed by atoms with van der Waals surface area (Å²) in [6, 6.07) is 2.20. The highest BCUT2D eigenvalue weighted by Crippen LogP contribution is 2.36. The molecule has 1 aliphatic heterocycles. The second kappa shape index (κ2) is 4.46. The molecule has 0 atom stereocenters. The van der Waals surface area contributed by atoms with E-state index in [-0.39, 0.29) is 25.0 Å². The van der Waals surface area contributed by atoms with Gasteiger partial charge in [-0.15, -0.1) is 0 Å². The van der Waals surface area contributed by atoms with Crippen LogP contribution in [0, 0.1) is 17.2 Å². The molecule has 2 fully saturated rings. The molecule has 1 heterocycles. The Balaban J connectivity index is 2.25. The second-order valence-corrected chi connectivity index (χ2v) is 4.94. The Morgan fingerprint density at radius 1 is 1.29 bits per heavy atom. The normalized spacial score (nSPS) is 34.6. The van der Waals surface area contributed by atoms with Gasteiger partial charge in [0.2, 0.25) is 0 Å². The van der Waals surface area contributed by atoms with Crippen LogP contribution in [0.25, 0.3) is 0 Å². The van der Waals surface area contributed by atoms with Crippen LogP contribution in [0.3, 0.4) is 0 Å². The summed E-state index contributed by atoms with van der Waals surface area (Å²) in [4.78, 5) is 24.7. The number of hydrogen-bond donors (Lipinski definition) is 0. The molecule has 17 heavy (non-hydrogen) atoms. The molecule has 1 saturated heterocycles. The number of hydrogen-bond acceptors (Lipinski definition) is 4. The van der Waals surface area contributed by atoms with Crippen LogP contribution in [0.15, 0.2) is 0 Å². The van der Waals surface area contributed by atoms with Gasteiger partial charge in [0.15, 0.2) is 0 Å². The van der Waals surface area contributed by atoms with Crippen LogP contribution in [0.5, 0.6) is 0 Å². The van der Waals surface area contributed by atoms with Crippen molar-refractivity contribution >= 4 is 11.8 Å². The zero-order valence-corrected chi connectivity index (χ0v) is 9.94. The van der Waals surface area contributed by atoms with Crippen molar-refractivity contribution in [3.05, 3.63) is 0 Å². The van der Waals surface area contributed by atoms with Crippen LogP contribution < -0.4 is 0 Å². The number of imide groups is 1. The van der Waals surface area contributed by atoms with Crippen LogP contribution in [0.1, 0.15) is 32.6 Å². The van der Waals surface area contributed by atoms with Crippen molar-refractivity contribution in [2.24, 2.45) is 5.92 Å². The van der Waals surface area contributed by atoms with Crippen molar-refractivity contribution in [3.8, 4) is 6.07 Å². The SMILES string of the molecule is CC1CCC(C#N)(N2C(=O)COCC2=O)CC1. The minimum atomic E-state index is -0.926. The third-order valence-electron chi connectivity index (χ3n) is 3.69. The first-order valence-corrected chi connectivity index (χ1v) is 5.94. The molecule has 1 aliphatic carbocycles. The molecular weight excluding hydrogens is 220 g/mol. The second-order valence-electron chi connectivity index (χ2n) is 4.94. The minimum absolute atomic E-state index is 0.0925. The van der Waals surface area contributed by atoms with E-state index < -0.39 is 5.54 Å². The van der Waals surface area contributed by atoms with Gasteiger partial charge in [-0.3, -0.25) is 14.5 Å². The van der Waals surface area contributed by atoms with Gasteiger partial charge in [0.25, 0.3) is 11.8 Å². The highest BCUT2D eigenvalue weighted by Gasteiger charge is 2.47. The van der Waals surface area contributed by atoms with E-state index in [4.69, 9.17) is 4.74 Å². The van der Waals surface area contributed by atoms with Crippen molar-refractivity contribution < 1.29 is 14.3 Å². The summed E-state index contributed by atoms with van der Waals surface area (Å²) in [6.07, 6.45) is 2.93. The van der Waals surface area contributed by atoms with Crippen molar-refractivity contribution in [1.29, 1.82) is 5.26 Å². The summed E-state index contributed by atoms with van der Waals surface area (Å²) in [6.45, 7) is 1.94. The molecule has 0 radical (unpaired) electrons. The number of rotatable bonds is 1. The van der Waals surface area contributed by atoms with Crippen LogP contribution in [0.4, 0.5) is 0 Å². The molecule has 2 amide bonds. The van der Waals surface area contributed by atoms with Crippen molar-refractivity contribution in [2.45, 2.75) is 38.1 Å². The zero-order valence-electron chi connectivity index (χ0n) is 9.94. The summed E-state index contributed by atoms with van der Waals surface area (Å²) in [7, 11) is 0. The van der Waals surface area contributed by atoms with Crippen LogP contribution in [-0.2, 0) is 14.3 Å². The molecule has 0 spiro atoms. The van der Waals surface area contributed by atoms with Crippen molar-refractivity contribution in [2.75, 3.05) is 13.2 Å². The summed E-state index contributed by atoms with van der Waals surface area (Å²) in [5.74, 6) is -0.197. The molecule has 2 rings (SSSR count). The van der Waals surface area contributed by atoms with Gasteiger partial charge in [-0.05, 0) is 31.6 Å². The van der Waals surface area contributed by atoms with E-state index in [0.717, 1.165) is 17.7 Å². The predicted molar refractivity (Wildman–Crippen MR) is 58.6 cm³/mol. The number of carbonyl (C=O) groups is 2. The Kier molecular flexibility index (Phi) is 3.16. The molecule has 0 unspecified atom stereocenters. The standard InChI is InChI=1S/C12H16N2O3/c1-9-2-4-12(8-13,5-3-9)14-10(15)6-17-7-11(14)16/h9H,2-7H2,1H3.